The first-order valence-corrected chi connectivity index (χ1v) is 19.5. The highest BCUT2D eigenvalue weighted by Crippen LogP contribution is 2.37. The van der Waals surface area contributed by atoms with Crippen LogP contribution in [0.25, 0.3) is 28.2 Å². The molecule has 0 radical (unpaired) electrons. The van der Waals surface area contributed by atoms with Crippen molar-refractivity contribution in [3.05, 3.63) is 41.2 Å². The molecule has 5 heterocycles. The number of pyridine rings is 1. The van der Waals surface area contributed by atoms with Crippen molar-refractivity contribution < 1.29 is 9.47 Å². The number of aliphatic imine (C=N–C) groups is 1. The normalized spacial score (nSPS) is 22.6. The third-order valence-corrected chi connectivity index (χ3v) is 9.91. The van der Waals surface area contributed by atoms with Gasteiger partial charge in [-0.2, -0.15) is 10.2 Å². The molecule has 0 aromatic carbocycles. The third kappa shape index (κ3) is 7.46. The molecular weight excluding hydrogens is 688 g/mol. The smallest absolute Gasteiger partial charge is 0.221 e. The van der Waals surface area contributed by atoms with E-state index in [1.807, 2.05) is 43.7 Å². The van der Waals surface area contributed by atoms with E-state index in [0.717, 1.165) is 64.5 Å². The summed E-state index contributed by atoms with van der Waals surface area (Å²) in [5.41, 5.74) is 12.7. The Kier molecular flexibility index (Phi) is 11.0. The summed E-state index contributed by atoms with van der Waals surface area (Å²) in [6, 6.07) is 2.19. The van der Waals surface area contributed by atoms with E-state index >= 15 is 0 Å². The van der Waals surface area contributed by atoms with Crippen molar-refractivity contribution in [1.29, 1.82) is 0 Å². The summed E-state index contributed by atoms with van der Waals surface area (Å²) >= 11 is 2.35. The molecule has 2 bridgehead atoms. The SMILES string of the molecule is CCO/C(N)=C1\C=C\c2nn(PI)c3cnc(cc23)-c2c(C)nn(C)c2OC(C)CN(C)CC1=NC(C)CN1CCCCC1. The Morgan fingerprint density at radius 2 is 2.00 bits per heavy atom. The minimum Gasteiger partial charge on any atom is -0.479 e. The molecule has 238 valence electrons. The topological polar surface area (TPSA) is 112 Å². The molecule has 0 saturated carbocycles. The van der Waals surface area contributed by atoms with Gasteiger partial charge in [0.2, 0.25) is 5.88 Å². The number of nitrogens with two attached hydrogens (primary N) is 1. The van der Waals surface area contributed by atoms with E-state index in [4.69, 9.17) is 35.4 Å². The maximum Gasteiger partial charge on any atom is 0.221 e. The lowest BCUT2D eigenvalue weighted by molar-refractivity contribution is 0.159. The highest BCUT2D eigenvalue weighted by atomic mass is 127. The van der Waals surface area contributed by atoms with Gasteiger partial charge in [0.1, 0.15) is 6.10 Å². The second kappa shape index (κ2) is 14.7. The number of rotatable bonds is 6. The molecule has 3 aromatic heterocycles. The number of nitrogens with zero attached hydrogens (tertiary/aromatic N) is 8. The lowest BCUT2D eigenvalue weighted by Crippen LogP contribution is -2.38. The molecule has 11 nitrogen and oxygen atoms in total. The summed E-state index contributed by atoms with van der Waals surface area (Å²) in [4.78, 5) is 14.9. The van der Waals surface area contributed by atoms with Crippen LogP contribution in [0.2, 0.25) is 0 Å². The number of hydrogen-bond acceptors (Lipinski definition) is 9. The summed E-state index contributed by atoms with van der Waals surface area (Å²) in [5, 5.41) is 10.6. The van der Waals surface area contributed by atoms with Crippen LogP contribution in [0.3, 0.4) is 0 Å². The van der Waals surface area contributed by atoms with E-state index in [1.54, 1.807) is 4.68 Å². The predicted octanol–water partition coefficient (Wildman–Crippen LogP) is 5.18. The Balaban J connectivity index is 1.65. The van der Waals surface area contributed by atoms with Crippen LogP contribution < -0.4 is 10.5 Å². The molecular formula is C31H45IN9O2P. The van der Waals surface area contributed by atoms with Gasteiger partial charge in [0.25, 0.3) is 0 Å². The largest absolute Gasteiger partial charge is 0.479 e. The van der Waals surface area contributed by atoms with Crippen molar-refractivity contribution in [2.75, 3.05) is 46.4 Å². The Bertz CT molecular complexity index is 1560. The first kappa shape index (κ1) is 32.8. The maximum absolute atomic E-state index is 6.64. The molecule has 1 saturated heterocycles. The quantitative estimate of drug-likeness (QED) is 0.210. The lowest BCUT2D eigenvalue weighted by Gasteiger charge is -2.29. The second-order valence-electron chi connectivity index (χ2n) is 11.8. The zero-order valence-electron chi connectivity index (χ0n) is 26.7. The van der Waals surface area contributed by atoms with Crippen LogP contribution in [0.5, 0.6) is 5.88 Å². The van der Waals surface area contributed by atoms with Crippen LogP contribution in [0.1, 0.15) is 51.4 Å². The minimum atomic E-state index is -0.125. The Labute approximate surface area is 275 Å². The highest BCUT2D eigenvalue weighted by molar-refractivity contribution is 14.2. The molecule has 0 aliphatic carbocycles. The van der Waals surface area contributed by atoms with Gasteiger partial charge in [-0.1, -0.05) is 6.42 Å². The fourth-order valence-electron chi connectivity index (χ4n) is 6.15. The molecule has 2 aliphatic rings. The molecule has 2 aliphatic heterocycles. The van der Waals surface area contributed by atoms with Crippen LogP contribution in [-0.2, 0) is 11.8 Å². The molecule has 2 N–H and O–H groups in total. The average molecular weight is 734 g/mol. The fourth-order valence-corrected chi connectivity index (χ4v) is 7.67. The van der Waals surface area contributed by atoms with Gasteiger partial charge in [-0.3, -0.25) is 14.9 Å². The molecule has 0 spiro atoms. The van der Waals surface area contributed by atoms with Crippen molar-refractivity contribution in [3.8, 4) is 17.1 Å². The van der Waals surface area contributed by atoms with Gasteiger partial charge in [0, 0.05) is 32.1 Å². The summed E-state index contributed by atoms with van der Waals surface area (Å²) in [6.45, 7) is 13.1. The fraction of sp³-hybridized carbons (Fsp3) is 0.548. The van der Waals surface area contributed by atoms with Crippen molar-refractivity contribution >= 4 is 51.1 Å². The van der Waals surface area contributed by atoms with E-state index in [2.05, 4.69) is 58.8 Å². The zero-order chi connectivity index (χ0) is 31.4. The number of likely N-dealkylation sites (tertiary alicyclic amines) is 1. The Hall–Kier alpha value is -2.54. The number of allylic oxidation sites excluding steroid dienone is 1. The molecule has 0 amide bonds. The zero-order valence-corrected chi connectivity index (χ0v) is 29.8. The minimum absolute atomic E-state index is 0.0963. The maximum atomic E-state index is 6.64. The summed E-state index contributed by atoms with van der Waals surface area (Å²) in [7, 11) is 4.01. The second-order valence-corrected chi connectivity index (χ2v) is 13.9. The van der Waals surface area contributed by atoms with Gasteiger partial charge >= 0.3 is 0 Å². The van der Waals surface area contributed by atoms with Gasteiger partial charge in [-0.15, -0.1) is 0 Å². The van der Waals surface area contributed by atoms with E-state index in [0.29, 0.717) is 37.8 Å². The Morgan fingerprint density at radius 1 is 1.23 bits per heavy atom. The molecule has 5 rings (SSSR count). The molecule has 3 atom stereocenters. The summed E-state index contributed by atoms with van der Waals surface area (Å²) < 4.78 is 16.3. The van der Waals surface area contributed by atoms with Crippen molar-refractivity contribution in [2.45, 2.75) is 59.1 Å². The number of halogens is 1. The third-order valence-electron chi connectivity index (χ3n) is 8.03. The molecule has 13 heteroatoms. The molecule has 44 heavy (non-hydrogen) atoms. The van der Waals surface area contributed by atoms with Gasteiger partial charge in [0.05, 0.1) is 64.7 Å². The van der Waals surface area contributed by atoms with Gasteiger partial charge in [0.15, 0.2) is 5.88 Å². The van der Waals surface area contributed by atoms with Gasteiger partial charge < -0.3 is 20.1 Å². The monoisotopic (exact) mass is 733 g/mol. The Morgan fingerprint density at radius 3 is 2.73 bits per heavy atom. The number of ether oxygens (including phenoxy) is 2. The van der Waals surface area contributed by atoms with E-state index in [9.17, 15) is 0 Å². The molecule has 1 fully saturated rings. The number of hydrogen-bond donors (Lipinski definition) is 1. The van der Waals surface area contributed by atoms with Crippen molar-refractivity contribution in [3.63, 3.8) is 0 Å². The lowest BCUT2D eigenvalue weighted by atomic mass is 10.1. The standard InChI is InChI=1S/C31H45IN9O2P/c1-7-42-30(33)23-11-12-25-24-15-26(34-16-28(24)41(37-25)44-32)29-22(4)36-39(6)31(29)43-21(3)18-38(5)19-27(23)35-20(2)17-40-13-9-8-10-14-40/h11-12,15-16,20-21,44H,7-10,13-14,17-19,33H2,1-6H3/b12-11+,30-23+,35-27?. The van der Waals surface area contributed by atoms with Gasteiger partial charge in [-0.05, 0) is 101 Å². The van der Waals surface area contributed by atoms with Crippen LogP contribution >= 0.6 is 28.4 Å². The van der Waals surface area contributed by atoms with E-state index < -0.39 is 0 Å². The number of likely N-dealkylation sites (N-methyl/N-ethyl adjacent to an activating group) is 1. The van der Waals surface area contributed by atoms with Crippen molar-refractivity contribution in [2.24, 2.45) is 17.8 Å². The van der Waals surface area contributed by atoms with Crippen LogP contribution in [0.4, 0.5) is 0 Å². The molecule has 3 aromatic rings. The number of aryl methyl sites for hydroxylation is 2. The van der Waals surface area contributed by atoms with E-state index in [1.165, 1.54) is 19.3 Å². The number of aromatic nitrogens is 5. The number of piperidine rings is 1. The first-order valence-electron chi connectivity index (χ1n) is 15.4. The first-order chi connectivity index (χ1) is 21.2. The van der Waals surface area contributed by atoms with Crippen molar-refractivity contribution in [1.82, 2.24) is 34.1 Å². The van der Waals surface area contributed by atoms with Gasteiger partial charge in [-0.25, -0.2) is 9.13 Å². The average Bonchev–Trinajstić information content (AvgIpc) is 3.47. The predicted molar refractivity (Wildman–Crippen MR) is 189 cm³/mol. The van der Waals surface area contributed by atoms with Crippen LogP contribution in [0, 0.1) is 6.92 Å². The molecule has 3 unspecified atom stereocenters. The number of fused-ring (bicyclic) bond motifs is 3. The highest BCUT2D eigenvalue weighted by Gasteiger charge is 2.24. The summed E-state index contributed by atoms with van der Waals surface area (Å²) in [5.74, 6) is 1.07. The van der Waals surface area contributed by atoms with Crippen LogP contribution in [-0.4, -0.2) is 98.4 Å². The van der Waals surface area contributed by atoms with E-state index in [-0.39, 0.29) is 12.1 Å². The summed E-state index contributed by atoms with van der Waals surface area (Å²) in [6.07, 6.45) is 10.1. The van der Waals surface area contributed by atoms with Crippen LogP contribution in [0.15, 0.2) is 34.8 Å².